The van der Waals surface area contributed by atoms with Crippen LogP contribution in [0.4, 0.5) is 5.82 Å². The van der Waals surface area contributed by atoms with Gasteiger partial charge in [-0.25, -0.2) is 0 Å². The van der Waals surface area contributed by atoms with Crippen LogP contribution in [0, 0.1) is 6.92 Å². The van der Waals surface area contributed by atoms with Crippen LogP contribution < -0.4 is 5.73 Å². The van der Waals surface area contributed by atoms with E-state index in [0.29, 0.717) is 6.04 Å². The van der Waals surface area contributed by atoms with E-state index in [0.717, 1.165) is 5.82 Å². The van der Waals surface area contributed by atoms with E-state index >= 15 is 0 Å². The molecular weight excluding hydrogens is 172 g/mol. The van der Waals surface area contributed by atoms with E-state index in [2.05, 4.69) is 43.5 Å². The van der Waals surface area contributed by atoms with E-state index in [1.54, 1.807) is 0 Å². The van der Waals surface area contributed by atoms with Gasteiger partial charge in [0.05, 0.1) is 0 Å². The van der Waals surface area contributed by atoms with Crippen molar-refractivity contribution in [2.45, 2.75) is 26.8 Å². The maximum atomic E-state index is 5.97. The maximum Gasteiger partial charge on any atom is 0.104 e. The number of hydrogen-bond acceptors (Lipinski definition) is 1. The number of nitrogens with zero attached hydrogens (tertiary/aromatic N) is 1. The molecule has 2 N–H and O–H groups in total. The largest absolute Gasteiger partial charge is 0.385 e. The van der Waals surface area contributed by atoms with Gasteiger partial charge in [0.25, 0.3) is 0 Å². The van der Waals surface area contributed by atoms with Gasteiger partial charge < -0.3 is 10.3 Å². The molecule has 0 aliphatic rings. The van der Waals surface area contributed by atoms with Crippen LogP contribution in [0.2, 0.25) is 0 Å². The summed E-state index contributed by atoms with van der Waals surface area (Å²) in [6.45, 7) is 6.40. The molecule has 0 saturated heterocycles. The highest BCUT2D eigenvalue weighted by atomic mass is 15.1. The highest BCUT2D eigenvalue weighted by Gasteiger charge is 2.08. The van der Waals surface area contributed by atoms with Crippen molar-refractivity contribution in [3.63, 3.8) is 0 Å². The van der Waals surface area contributed by atoms with Gasteiger partial charge in [-0.2, -0.15) is 0 Å². The van der Waals surface area contributed by atoms with Gasteiger partial charge in [-0.05, 0) is 39.0 Å². The summed E-state index contributed by atoms with van der Waals surface area (Å²) in [6.07, 6.45) is 0. The second-order valence-electron chi connectivity index (χ2n) is 4.10. The Labute approximate surface area is 84.3 Å². The third-order valence-electron chi connectivity index (χ3n) is 2.54. The van der Waals surface area contributed by atoms with Crippen LogP contribution in [-0.4, -0.2) is 4.57 Å². The Morgan fingerprint density at radius 3 is 2.57 bits per heavy atom. The lowest BCUT2D eigenvalue weighted by atomic mass is 10.2. The molecule has 0 bridgehead atoms. The van der Waals surface area contributed by atoms with Crippen molar-refractivity contribution < 1.29 is 0 Å². The van der Waals surface area contributed by atoms with Gasteiger partial charge in [-0.3, -0.25) is 0 Å². The van der Waals surface area contributed by atoms with Crippen LogP contribution >= 0.6 is 0 Å². The van der Waals surface area contributed by atoms with Crippen molar-refractivity contribution in [2.75, 3.05) is 5.73 Å². The first-order chi connectivity index (χ1) is 6.59. The molecule has 2 rings (SSSR count). The summed E-state index contributed by atoms with van der Waals surface area (Å²) >= 11 is 0. The van der Waals surface area contributed by atoms with Crippen molar-refractivity contribution in [2.24, 2.45) is 0 Å². The Bertz CT molecular complexity index is 466. The van der Waals surface area contributed by atoms with Crippen molar-refractivity contribution in [1.82, 2.24) is 4.57 Å². The number of benzene rings is 1. The predicted molar refractivity (Wildman–Crippen MR) is 61.5 cm³/mol. The third-order valence-corrected chi connectivity index (χ3v) is 2.54. The summed E-state index contributed by atoms with van der Waals surface area (Å²) in [7, 11) is 0. The van der Waals surface area contributed by atoms with Crippen molar-refractivity contribution in [3.8, 4) is 0 Å². The maximum absolute atomic E-state index is 5.97. The number of anilines is 1. The summed E-state index contributed by atoms with van der Waals surface area (Å²) in [5.74, 6) is 0.848. The molecule has 0 spiro atoms. The highest BCUT2D eigenvalue weighted by molar-refractivity contribution is 5.85. The van der Waals surface area contributed by atoms with E-state index in [9.17, 15) is 0 Å². The molecule has 0 radical (unpaired) electrons. The minimum atomic E-state index is 0.412. The smallest absolute Gasteiger partial charge is 0.104 e. The number of fused-ring (bicyclic) bond motifs is 1. The number of hydrogen-bond donors (Lipinski definition) is 1. The van der Waals surface area contributed by atoms with E-state index in [4.69, 9.17) is 5.73 Å². The van der Waals surface area contributed by atoms with Gasteiger partial charge in [0, 0.05) is 16.9 Å². The van der Waals surface area contributed by atoms with Crippen LogP contribution in [0.1, 0.15) is 25.5 Å². The second kappa shape index (κ2) is 3.05. The van der Waals surface area contributed by atoms with Gasteiger partial charge in [-0.15, -0.1) is 0 Å². The van der Waals surface area contributed by atoms with Gasteiger partial charge in [0.15, 0.2) is 0 Å². The fraction of sp³-hybridized carbons (Fsp3) is 0.333. The lowest BCUT2D eigenvalue weighted by molar-refractivity contribution is 0.631. The lowest BCUT2D eigenvalue weighted by Crippen LogP contribution is -2.04. The molecule has 0 unspecified atom stereocenters. The molecular formula is C12H16N2. The quantitative estimate of drug-likeness (QED) is 0.732. The molecule has 0 atom stereocenters. The third kappa shape index (κ3) is 1.27. The van der Waals surface area contributed by atoms with Crippen LogP contribution in [0.15, 0.2) is 24.3 Å². The van der Waals surface area contributed by atoms with Gasteiger partial charge in [-0.1, -0.05) is 11.6 Å². The number of nitrogens with two attached hydrogens (primary N) is 1. The zero-order valence-electron chi connectivity index (χ0n) is 8.91. The molecule has 0 amide bonds. The van der Waals surface area contributed by atoms with E-state index in [1.807, 2.05) is 6.07 Å². The summed E-state index contributed by atoms with van der Waals surface area (Å²) in [5.41, 5.74) is 8.47. The molecule has 0 aliphatic carbocycles. The first-order valence-corrected chi connectivity index (χ1v) is 4.96. The Morgan fingerprint density at radius 1 is 1.21 bits per heavy atom. The summed E-state index contributed by atoms with van der Waals surface area (Å²) in [6, 6.07) is 8.89. The van der Waals surface area contributed by atoms with Crippen molar-refractivity contribution in [3.05, 3.63) is 29.8 Å². The molecule has 2 nitrogen and oxygen atoms in total. The van der Waals surface area contributed by atoms with Gasteiger partial charge in [0.2, 0.25) is 0 Å². The molecule has 2 heteroatoms. The Hall–Kier alpha value is -1.44. The number of aromatic nitrogens is 1. The van der Waals surface area contributed by atoms with Crippen LogP contribution in [-0.2, 0) is 0 Å². The minimum absolute atomic E-state index is 0.412. The van der Waals surface area contributed by atoms with Gasteiger partial charge >= 0.3 is 0 Å². The zero-order valence-corrected chi connectivity index (χ0v) is 8.91. The minimum Gasteiger partial charge on any atom is -0.385 e. The molecule has 0 saturated carbocycles. The second-order valence-corrected chi connectivity index (χ2v) is 4.10. The monoisotopic (exact) mass is 188 g/mol. The number of nitrogen functional groups attached to an aromatic ring is 1. The SMILES string of the molecule is Cc1ccc2c(c1)cc(N)n2C(C)C. The molecule has 0 fully saturated rings. The standard InChI is InChI=1S/C12H16N2/c1-8(2)14-11-5-4-9(3)6-10(11)7-12(14)13/h4-8H,13H2,1-3H3. The van der Waals surface area contributed by atoms with Crippen molar-refractivity contribution >= 4 is 16.7 Å². The van der Waals surface area contributed by atoms with Crippen LogP contribution in [0.3, 0.4) is 0 Å². The Balaban J connectivity index is 2.77. The summed E-state index contributed by atoms with van der Waals surface area (Å²) in [5, 5.41) is 1.23. The molecule has 74 valence electrons. The van der Waals surface area contributed by atoms with Crippen molar-refractivity contribution in [1.29, 1.82) is 0 Å². The number of aryl methyl sites for hydroxylation is 1. The topological polar surface area (TPSA) is 30.9 Å². The van der Waals surface area contributed by atoms with E-state index < -0.39 is 0 Å². The summed E-state index contributed by atoms with van der Waals surface area (Å²) < 4.78 is 2.16. The highest BCUT2D eigenvalue weighted by Crippen LogP contribution is 2.26. The zero-order chi connectivity index (χ0) is 10.3. The number of rotatable bonds is 1. The fourth-order valence-electron chi connectivity index (χ4n) is 1.95. The van der Waals surface area contributed by atoms with E-state index in [1.165, 1.54) is 16.5 Å². The molecule has 2 aromatic rings. The molecule has 1 aromatic carbocycles. The average Bonchev–Trinajstić information content (AvgIpc) is 2.39. The van der Waals surface area contributed by atoms with E-state index in [-0.39, 0.29) is 0 Å². The van der Waals surface area contributed by atoms with Gasteiger partial charge in [0.1, 0.15) is 5.82 Å². The first-order valence-electron chi connectivity index (χ1n) is 4.96. The Kier molecular flexibility index (Phi) is 1.99. The molecule has 14 heavy (non-hydrogen) atoms. The normalized spacial score (nSPS) is 11.4. The molecule has 1 aromatic heterocycles. The van der Waals surface area contributed by atoms with Crippen LogP contribution in [0.25, 0.3) is 10.9 Å². The first kappa shape index (κ1) is 9.13. The molecule has 1 heterocycles. The lowest BCUT2D eigenvalue weighted by Gasteiger charge is -2.11. The Morgan fingerprint density at radius 2 is 1.93 bits per heavy atom. The predicted octanol–water partition coefficient (Wildman–Crippen LogP) is 3.11. The fourth-order valence-corrected chi connectivity index (χ4v) is 1.95. The summed E-state index contributed by atoms with van der Waals surface area (Å²) in [4.78, 5) is 0. The average molecular weight is 188 g/mol. The van der Waals surface area contributed by atoms with Crippen LogP contribution in [0.5, 0.6) is 0 Å². The molecule has 0 aliphatic heterocycles.